The summed E-state index contributed by atoms with van der Waals surface area (Å²) in [5.41, 5.74) is 6.10. The van der Waals surface area contributed by atoms with Crippen LogP contribution in [0.3, 0.4) is 0 Å². The van der Waals surface area contributed by atoms with Gasteiger partial charge in [-0.25, -0.2) is 19.2 Å². The number of hydrogen-bond acceptors (Lipinski definition) is 40. The Kier molecular flexibility index (Phi) is 60.6. The Morgan fingerprint density at radius 3 is 1.30 bits per heavy atom. The van der Waals surface area contributed by atoms with Crippen LogP contribution in [0, 0.1) is 23.7 Å². The number of nitrogens with zero attached hydrogens (tertiary/aromatic N) is 1. The van der Waals surface area contributed by atoms with Gasteiger partial charge in [0.1, 0.15) is 55.9 Å². The van der Waals surface area contributed by atoms with Gasteiger partial charge in [0.15, 0.2) is 29.9 Å². The standard InChI is InChI=1S/C55H80N2O20.C52H83N3O18/c1-7-25-71-53(68)57-48-50(66)37(6)74-52(51(48)67)75-41-22-20-18-16-14-12-10-9-11-13-15-17-19-21-34(3)49(65)35(4)36(5)73-46(64)29-39(60)27-38(59)23-24-42(62)43(63)28-40(61)31-55(70)32-45(76-54(69)72-26-8-2)47(56-33-58)44(30-41)77-55;1-31-18-15-13-11-9-7-5-6-8-10-12-14-16-20-39(72-50-49(67)45(53)48(66)34(4)71-50)27-43-46(55-51(68)54-30-36(58)19-17-23-56)42(63)29-52(69,73-43)28-38(60)25-41(62)40(61)22-21-35(57)24-37(59)26-44(64)70-33(3)32(2)47(31)65/h7-22,34-45,47-52,59-63,65-67,70H,1-2,23-32H2,3-6H3,(H,57,68);5-16,18,20,31-35,37-43,45-50,56-57,59-63,65-67,69H,17,19,21-30,53H2,1-4H3,(H2,54,55,68)/b10-9+,13-11+,14-12+,17-15+,18-16+,21-19+,22-20+;6-5+,9-7+,10-8+,13-11+,14-12+,18-15+,20-16+/t34-,35-,36-,37+,38+,39+,40-,41-,42+,43+,44-,45-,47-,48-,49+,50+,51-,52-,55+;31-,32-,33-,34+,35+,37+,38-,39-,40+,41+,42-,43-,45-,46+,47+,48+,49-,50-,52+/m00/s1. The van der Waals surface area contributed by atoms with Crippen LogP contribution in [0.25, 0.3) is 0 Å². The summed E-state index contributed by atoms with van der Waals surface area (Å²) in [5.74, 6) is -8.14. The number of aliphatic hydroxyl groups excluding tert-OH is 18. The largest absolute Gasteiger partial charge is 0.508 e. The van der Waals surface area contributed by atoms with Crippen LogP contribution in [0.2, 0.25) is 0 Å². The molecule has 4 bridgehead atoms. The zero-order valence-electron chi connectivity index (χ0n) is 86.4. The number of hydrogen-bond donors (Lipinski definition) is 24. The molecule has 844 valence electrons. The molecule has 0 saturated carbocycles. The van der Waals surface area contributed by atoms with Crippen LogP contribution >= 0.6 is 0 Å². The molecule has 38 atom stereocenters. The molecular formula is C107H163N5O38. The lowest BCUT2D eigenvalue weighted by atomic mass is 9.87. The molecule has 4 saturated heterocycles. The van der Waals surface area contributed by atoms with E-state index in [0.29, 0.717) is 0 Å². The second kappa shape index (κ2) is 69.3. The van der Waals surface area contributed by atoms with Crippen molar-refractivity contribution >= 4 is 42.1 Å². The number of esters is 2. The van der Waals surface area contributed by atoms with E-state index >= 15 is 0 Å². The van der Waals surface area contributed by atoms with Crippen LogP contribution in [0.5, 0.6) is 0 Å². The van der Waals surface area contributed by atoms with Gasteiger partial charge in [-0.3, -0.25) is 14.4 Å². The van der Waals surface area contributed by atoms with Gasteiger partial charge in [-0.05, 0) is 72.6 Å². The van der Waals surface area contributed by atoms with Gasteiger partial charge in [-0.15, -0.1) is 0 Å². The highest BCUT2D eigenvalue weighted by molar-refractivity contribution is 5.85. The molecule has 0 aromatic carbocycles. The van der Waals surface area contributed by atoms with E-state index in [4.69, 9.17) is 62.9 Å². The fourth-order valence-electron chi connectivity index (χ4n) is 17.3. The van der Waals surface area contributed by atoms with E-state index in [2.05, 4.69) is 34.1 Å². The van der Waals surface area contributed by atoms with Crippen molar-refractivity contribution in [3.63, 3.8) is 0 Å². The van der Waals surface area contributed by atoms with Crippen LogP contribution in [-0.2, 0) is 71.3 Å². The molecule has 6 heterocycles. The predicted molar refractivity (Wildman–Crippen MR) is 546 cm³/mol. The number of alkyl carbamates (subject to hydrolysis) is 1. The first-order valence-electron chi connectivity index (χ1n) is 50.9. The lowest BCUT2D eigenvalue weighted by molar-refractivity contribution is -0.303. The zero-order valence-corrected chi connectivity index (χ0v) is 86.4. The summed E-state index contributed by atoms with van der Waals surface area (Å²) >= 11 is 0. The van der Waals surface area contributed by atoms with E-state index in [1.54, 1.807) is 174 Å². The summed E-state index contributed by atoms with van der Waals surface area (Å²) < 4.78 is 63.0. The van der Waals surface area contributed by atoms with Crippen LogP contribution in [-0.4, -0.2) is 378 Å². The molecule has 0 aromatic heterocycles. The third-order valence-corrected chi connectivity index (χ3v) is 26.1. The lowest BCUT2D eigenvalue weighted by Gasteiger charge is -2.46. The number of nitrogens with one attached hydrogen (secondary N) is 3. The summed E-state index contributed by atoms with van der Waals surface area (Å²) in [5, 5.41) is 226. The number of isocyanates is 1. The Morgan fingerprint density at radius 2 is 0.860 bits per heavy atom. The van der Waals surface area contributed by atoms with Gasteiger partial charge in [-0.1, -0.05) is 223 Å². The second-order valence-corrected chi connectivity index (χ2v) is 38.8. The Labute approximate surface area is 876 Å². The number of carbonyl (C=O) groups is 6. The molecule has 6 rings (SSSR count). The first-order chi connectivity index (χ1) is 71.1. The van der Waals surface area contributed by atoms with Crippen molar-refractivity contribution < 1.29 is 188 Å². The molecule has 0 unspecified atom stereocenters. The summed E-state index contributed by atoms with van der Waals surface area (Å²) in [6, 6.07) is -6.14. The second-order valence-electron chi connectivity index (χ2n) is 38.8. The monoisotopic (exact) mass is 2130 g/mol. The maximum Gasteiger partial charge on any atom is 0.508 e. The number of Topliss-reactive ketones (excluding diaryl/α,β-unsaturated/α-hetero) is 1. The number of carbonyl (C=O) groups excluding carboxylic acids is 7. The van der Waals surface area contributed by atoms with Crippen molar-refractivity contribution in [2.75, 3.05) is 26.4 Å². The van der Waals surface area contributed by atoms with E-state index in [1.807, 2.05) is 32.1 Å². The van der Waals surface area contributed by atoms with Crippen molar-refractivity contribution in [3.05, 3.63) is 195 Å². The van der Waals surface area contributed by atoms with Crippen molar-refractivity contribution in [1.29, 1.82) is 0 Å². The van der Waals surface area contributed by atoms with Gasteiger partial charge >= 0.3 is 30.2 Å². The van der Waals surface area contributed by atoms with Gasteiger partial charge in [0.25, 0.3) is 0 Å². The van der Waals surface area contributed by atoms with Crippen molar-refractivity contribution in [2.24, 2.45) is 34.4 Å². The molecule has 150 heavy (non-hydrogen) atoms. The Bertz CT molecular complexity index is 4530. The summed E-state index contributed by atoms with van der Waals surface area (Å²) in [6.45, 7) is 19.3. The van der Waals surface area contributed by atoms with Gasteiger partial charge < -0.3 is 176 Å². The average molecular weight is 2130 g/mol. The number of nitrogens with two attached hydrogens (primary N) is 1. The number of rotatable bonds is 17. The van der Waals surface area contributed by atoms with Gasteiger partial charge in [-0.2, -0.15) is 4.99 Å². The number of ketones is 1. The number of allylic oxidation sites excluding steroid dienone is 24. The van der Waals surface area contributed by atoms with Crippen LogP contribution < -0.4 is 21.7 Å². The molecule has 0 radical (unpaired) electrons. The van der Waals surface area contributed by atoms with Crippen molar-refractivity contribution in [2.45, 2.75) is 378 Å². The van der Waals surface area contributed by atoms with E-state index in [0.717, 1.165) is 0 Å². The minimum Gasteiger partial charge on any atom is -0.462 e. The molecule has 6 aliphatic heterocycles. The van der Waals surface area contributed by atoms with Gasteiger partial charge in [0.05, 0.1) is 160 Å². The highest BCUT2D eigenvalue weighted by Gasteiger charge is 2.54. The number of fused-ring (bicyclic) bond motifs is 4. The van der Waals surface area contributed by atoms with E-state index < -0.39 is 307 Å². The number of cyclic esters (lactones) is 2. The number of amides is 3. The normalized spacial score (nSPS) is 40.7. The van der Waals surface area contributed by atoms with Gasteiger partial charge in [0, 0.05) is 88.1 Å². The first kappa shape index (κ1) is 131. The smallest absolute Gasteiger partial charge is 0.462 e. The van der Waals surface area contributed by atoms with Crippen molar-refractivity contribution in [1.82, 2.24) is 16.0 Å². The maximum atomic E-state index is 13.2. The Hall–Kier alpha value is -9.44. The van der Waals surface area contributed by atoms with Crippen LogP contribution in [0.1, 0.15) is 171 Å². The highest BCUT2D eigenvalue weighted by atomic mass is 16.7. The predicted octanol–water partition coefficient (Wildman–Crippen LogP) is 3.04. The minimum absolute atomic E-state index is 0.00166. The van der Waals surface area contributed by atoms with E-state index in [9.17, 15) is 131 Å². The molecular weight excluding hydrogens is 1960 g/mol. The molecule has 0 aromatic rings. The molecule has 0 aliphatic carbocycles. The number of ether oxygens (including phenoxy) is 11. The minimum atomic E-state index is -2.42. The SMILES string of the molecule is C=CCOC(=O)N[C@@H]1[C@H](O)[C@H](O[C@H]2/C=C/C=C/C=C/C=C/C=C/C=C/C=C/[C@H](C)[C@@H](O)[C@@H](C)[C@H](C)OC(=O)C[C@H](O)C[C@H](O)CC[C@@H](O)[C@H](O)C[C@H](O)C[C@]3(O)C[C@H](OC(=O)OCC=C)[C@@H](N=C=O)[C@H](C2)O3)O[C@H](C)[C@H]1O.C[C@@H]1[C@H](O)[C@@H](C)/C=C/C=C/C=C/C=C/C=C/C=C/C=C/[C@H](O[C@@H]2O[C@H](C)[C@@H](O)[C@H](N)[C@@H]2O)C[C@@H]2O[C@](O)(C[C@@H](O)C[C@@H](O)[C@H](O)CC[C@@H](O)C[C@@H](O)CC(=O)O[C@H]1C)C[C@H](O)[C@H]2NC(=O)NCC(=O)CCCO. The molecule has 43 heteroatoms. The summed E-state index contributed by atoms with van der Waals surface area (Å²) in [4.78, 5) is 92.1. The number of aliphatic hydroxyl groups is 20. The van der Waals surface area contributed by atoms with Crippen molar-refractivity contribution in [3.8, 4) is 0 Å². The summed E-state index contributed by atoms with van der Waals surface area (Å²) in [7, 11) is 0. The molecule has 6 aliphatic rings. The number of aliphatic imine (C=N–C) groups is 1. The Balaban J connectivity index is 0.000000528. The van der Waals surface area contributed by atoms with Gasteiger partial charge in [0.2, 0.25) is 6.08 Å². The van der Waals surface area contributed by atoms with E-state index in [-0.39, 0.29) is 102 Å². The zero-order chi connectivity index (χ0) is 111. The first-order valence-corrected chi connectivity index (χ1v) is 50.9. The molecule has 4 fully saturated rings. The van der Waals surface area contributed by atoms with E-state index in [1.165, 1.54) is 38.2 Å². The fourth-order valence-corrected chi connectivity index (χ4v) is 17.3. The fraction of sp³-hybridized carbons (Fsp3) is 0.636. The topological polar surface area (TPSA) is 700 Å². The molecule has 3 amide bonds. The highest BCUT2D eigenvalue weighted by Crippen LogP contribution is 2.40. The van der Waals surface area contributed by atoms with Crippen LogP contribution in [0.4, 0.5) is 14.4 Å². The summed E-state index contributed by atoms with van der Waals surface area (Å²) in [6.07, 6.45) is 7.61. The molecule has 43 nitrogen and oxygen atoms in total. The third-order valence-electron chi connectivity index (χ3n) is 26.1. The third kappa shape index (κ3) is 48.5. The molecule has 0 spiro atoms. The quantitative estimate of drug-likeness (QED) is 0.0327. The average Bonchev–Trinajstić information content (AvgIpc) is 0.772. The Morgan fingerprint density at radius 1 is 0.453 bits per heavy atom. The van der Waals surface area contributed by atoms with Crippen LogP contribution in [0.15, 0.2) is 200 Å². The molecule has 25 N–H and O–H groups in total. The lowest BCUT2D eigenvalue weighted by Crippen LogP contribution is -2.64. The number of urea groups is 1. The maximum absolute atomic E-state index is 13.2.